The van der Waals surface area contributed by atoms with Crippen LogP contribution in [0.4, 0.5) is 11.5 Å². The molecule has 0 saturated heterocycles. The maximum absolute atomic E-state index is 10.6. The molecule has 0 saturated carbocycles. The number of pyridine rings is 1. The molecule has 1 aromatic heterocycles. The van der Waals surface area contributed by atoms with Gasteiger partial charge in [-0.2, -0.15) is 0 Å². The first kappa shape index (κ1) is 13.5. The van der Waals surface area contributed by atoms with Gasteiger partial charge in [-0.1, -0.05) is 12.1 Å². The Labute approximate surface area is 115 Å². The van der Waals surface area contributed by atoms with Gasteiger partial charge in [0.05, 0.1) is 12.0 Å². The molecule has 5 N–H and O–H groups in total. The monoisotopic (exact) mass is 270 g/mol. The van der Waals surface area contributed by atoms with Gasteiger partial charge in [0.2, 0.25) is 0 Å². The van der Waals surface area contributed by atoms with Crippen molar-refractivity contribution in [3.05, 3.63) is 53.7 Å². The van der Waals surface area contributed by atoms with Gasteiger partial charge in [-0.3, -0.25) is 10.2 Å². The molecule has 2 aromatic rings. The molecule has 2 rings (SSSR count). The molecular formula is C14H14N4O2. The SMILES string of the molecule is N=C(N)c1cccnc1Nc1ccc(CC(=O)O)cc1. The highest BCUT2D eigenvalue weighted by Crippen LogP contribution is 2.18. The van der Waals surface area contributed by atoms with E-state index in [4.69, 9.17) is 16.2 Å². The Hall–Kier alpha value is -2.89. The molecule has 102 valence electrons. The summed E-state index contributed by atoms with van der Waals surface area (Å²) in [7, 11) is 0. The van der Waals surface area contributed by atoms with Crippen molar-refractivity contribution in [2.75, 3.05) is 5.32 Å². The summed E-state index contributed by atoms with van der Waals surface area (Å²) >= 11 is 0. The third-order valence-corrected chi connectivity index (χ3v) is 2.67. The lowest BCUT2D eigenvalue weighted by molar-refractivity contribution is -0.136. The maximum Gasteiger partial charge on any atom is 0.307 e. The van der Waals surface area contributed by atoms with Crippen molar-refractivity contribution in [3.63, 3.8) is 0 Å². The van der Waals surface area contributed by atoms with E-state index < -0.39 is 5.97 Å². The van der Waals surface area contributed by atoms with Crippen molar-refractivity contribution in [3.8, 4) is 0 Å². The molecule has 0 aliphatic rings. The molecule has 1 aromatic carbocycles. The van der Waals surface area contributed by atoms with Gasteiger partial charge >= 0.3 is 5.97 Å². The fourth-order valence-corrected chi connectivity index (χ4v) is 1.74. The third kappa shape index (κ3) is 3.32. The average Bonchev–Trinajstić information content (AvgIpc) is 2.41. The highest BCUT2D eigenvalue weighted by Gasteiger charge is 2.06. The van der Waals surface area contributed by atoms with Crippen molar-refractivity contribution in [1.29, 1.82) is 5.41 Å². The van der Waals surface area contributed by atoms with Crippen LogP contribution in [0.15, 0.2) is 42.6 Å². The van der Waals surface area contributed by atoms with Gasteiger partial charge in [-0.25, -0.2) is 4.98 Å². The topological polar surface area (TPSA) is 112 Å². The minimum atomic E-state index is -0.866. The second kappa shape index (κ2) is 5.83. The fourth-order valence-electron chi connectivity index (χ4n) is 1.74. The number of anilines is 2. The van der Waals surface area contributed by atoms with Crippen LogP contribution < -0.4 is 11.1 Å². The van der Waals surface area contributed by atoms with Crippen molar-refractivity contribution < 1.29 is 9.90 Å². The predicted molar refractivity (Wildman–Crippen MR) is 76.3 cm³/mol. The van der Waals surface area contributed by atoms with E-state index in [1.165, 1.54) is 0 Å². The number of carboxylic acid groups (broad SMARTS) is 1. The molecule has 0 aliphatic carbocycles. The largest absolute Gasteiger partial charge is 0.481 e. The zero-order chi connectivity index (χ0) is 14.5. The number of aromatic nitrogens is 1. The number of carbonyl (C=O) groups is 1. The fraction of sp³-hybridized carbons (Fsp3) is 0.0714. The number of nitrogens with two attached hydrogens (primary N) is 1. The molecule has 0 spiro atoms. The average molecular weight is 270 g/mol. The Morgan fingerprint density at radius 1 is 1.30 bits per heavy atom. The smallest absolute Gasteiger partial charge is 0.307 e. The van der Waals surface area contributed by atoms with E-state index in [9.17, 15) is 4.79 Å². The highest BCUT2D eigenvalue weighted by atomic mass is 16.4. The van der Waals surface area contributed by atoms with Crippen molar-refractivity contribution >= 4 is 23.3 Å². The van der Waals surface area contributed by atoms with Crippen LogP contribution in [0.25, 0.3) is 0 Å². The summed E-state index contributed by atoms with van der Waals surface area (Å²) in [6.07, 6.45) is 1.59. The van der Waals surface area contributed by atoms with E-state index in [1.807, 2.05) is 0 Å². The minimum Gasteiger partial charge on any atom is -0.481 e. The van der Waals surface area contributed by atoms with Crippen LogP contribution in [0, 0.1) is 5.41 Å². The van der Waals surface area contributed by atoms with Crippen LogP contribution in [-0.2, 0) is 11.2 Å². The van der Waals surface area contributed by atoms with Crippen LogP contribution in [0.2, 0.25) is 0 Å². The van der Waals surface area contributed by atoms with Crippen LogP contribution in [-0.4, -0.2) is 21.9 Å². The van der Waals surface area contributed by atoms with Crippen molar-refractivity contribution in [2.45, 2.75) is 6.42 Å². The normalized spacial score (nSPS) is 10.0. The predicted octanol–water partition coefficient (Wildman–Crippen LogP) is 1.74. The quantitative estimate of drug-likeness (QED) is 0.488. The summed E-state index contributed by atoms with van der Waals surface area (Å²) in [6, 6.07) is 10.4. The summed E-state index contributed by atoms with van der Waals surface area (Å²) in [5.41, 5.74) is 7.47. The van der Waals surface area contributed by atoms with Gasteiger partial charge in [0.1, 0.15) is 11.7 Å². The number of benzene rings is 1. The van der Waals surface area contributed by atoms with Gasteiger partial charge in [0, 0.05) is 11.9 Å². The molecule has 0 amide bonds. The lowest BCUT2D eigenvalue weighted by Gasteiger charge is -2.10. The number of nitrogens with zero attached hydrogens (tertiary/aromatic N) is 1. The van der Waals surface area contributed by atoms with Gasteiger partial charge in [-0.05, 0) is 29.8 Å². The first-order chi connectivity index (χ1) is 9.56. The Morgan fingerprint density at radius 3 is 2.60 bits per heavy atom. The van der Waals surface area contributed by atoms with Gasteiger partial charge in [-0.15, -0.1) is 0 Å². The molecule has 1 heterocycles. The van der Waals surface area contributed by atoms with Crippen molar-refractivity contribution in [2.24, 2.45) is 5.73 Å². The van der Waals surface area contributed by atoms with Crippen molar-refractivity contribution in [1.82, 2.24) is 4.98 Å². The highest BCUT2D eigenvalue weighted by molar-refractivity contribution is 5.99. The Balaban J connectivity index is 2.18. The molecule has 0 unspecified atom stereocenters. The van der Waals surface area contributed by atoms with Crippen LogP contribution in [0.3, 0.4) is 0 Å². The number of hydrogen-bond donors (Lipinski definition) is 4. The summed E-state index contributed by atoms with van der Waals surface area (Å²) < 4.78 is 0. The van der Waals surface area contributed by atoms with E-state index in [0.717, 1.165) is 11.3 Å². The van der Waals surface area contributed by atoms with E-state index >= 15 is 0 Å². The molecule has 0 fully saturated rings. The van der Waals surface area contributed by atoms with Gasteiger partial charge in [0.25, 0.3) is 0 Å². The Kier molecular flexibility index (Phi) is 3.95. The first-order valence-corrected chi connectivity index (χ1v) is 5.93. The number of nitrogen functional groups attached to an aromatic ring is 1. The molecule has 20 heavy (non-hydrogen) atoms. The summed E-state index contributed by atoms with van der Waals surface area (Å²) in [4.78, 5) is 14.7. The number of rotatable bonds is 5. The Morgan fingerprint density at radius 2 is 2.00 bits per heavy atom. The zero-order valence-corrected chi connectivity index (χ0v) is 10.6. The standard InChI is InChI=1S/C14H14N4O2/c15-13(16)11-2-1-7-17-14(11)18-10-5-3-9(4-6-10)8-12(19)20/h1-7H,8H2,(H3,15,16)(H,17,18)(H,19,20). The van der Waals surface area contributed by atoms with Gasteiger partial charge < -0.3 is 16.2 Å². The summed E-state index contributed by atoms with van der Waals surface area (Å²) in [5.74, 6) is -0.441. The number of hydrogen-bond acceptors (Lipinski definition) is 4. The van der Waals surface area contributed by atoms with E-state index in [1.54, 1.807) is 42.6 Å². The Bertz CT molecular complexity index is 638. The van der Waals surface area contributed by atoms with Crippen LogP contribution in [0.1, 0.15) is 11.1 Å². The van der Waals surface area contributed by atoms with E-state index in [2.05, 4.69) is 10.3 Å². The lowest BCUT2D eigenvalue weighted by atomic mass is 10.1. The number of aliphatic carboxylic acids is 1. The third-order valence-electron chi connectivity index (χ3n) is 2.67. The molecule has 6 heteroatoms. The zero-order valence-electron chi connectivity index (χ0n) is 10.6. The molecular weight excluding hydrogens is 256 g/mol. The minimum absolute atomic E-state index is 0.0113. The second-order valence-electron chi connectivity index (χ2n) is 4.21. The number of amidine groups is 1. The molecule has 0 atom stereocenters. The lowest BCUT2D eigenvalue weighted by Crippen LogP contribution is -2.14. The maximum atomic E-state index is 10.6. The van der Waals surface area contributed by atoms with E-state index in [-0.39, 0.29) is 12.3 Å². The first-order valence-electron chi connectivity index (χ1n) is 5.93. The molecule has 0 bridgehead atoms. The number of nitrogens with one attached hydrogen (secondary N) is 2. The van der Waals surface area contributed by atoms with E-state index in [0.29, 0.717) is 11.4 Å². The summed E-state index contributed by atoms with van der Waals surface area (Å²) in [5, 5.41) is 19.2. The van der Waals surface area contributed by atoms with Crippen LogP contribution in [0.5, 0.6) is 0 Å². The number of carboxylic acids is 1. The molecule has 0 aliphatic heterocycles. The van der Waals surface area contributed by atoms with Crippen LogP contribution >= 0.6 is 0 Å². The second-order valence-corrected chi connectivity index (χ2v) is 4.21. The molecule has 6 nitrogen and oxygen atoms in total. The van der Waals surface area contributed by atoms with Gasteiger partial charge in [0.15, 0.2) is 0 Å². The summed E-state index contributed by atoms with van der Waals surface area (Å²) in [6.45, 7) is 0. The molecule has 0 radical (unpaired) electrons.